The quantitative estimate of drug-likeness (QED) is 0.585. The first kappa shape index (κ1) is 18.2. The van der Waals surface area contributed by atoms with E-state index in [4.69, 9.17) is 4.74 Å². The largest absolute Gasteiger partial charge is 0.497 e. The summed E-state index contributed by atoms with van der Waals surface area (Å²) in [6.07, 6.45) is 3.61. The number of anilines is 1. The van der Waals surface area contributed by atoms with Crippen molar-refractivity contribution in [1.29, 1.82) is 0 Å². The van der Waals surface area contributed by atoms with E-state index in [9.17, 15) is 10.1 Å². The van der Waals surface area contributed by atoms with Gasteiger partial charge in [0, 0.05) is 20.1 Å². The smallest absolute Gasteiger partial charge is 0.334 e. The van der Waals surface area contributed by atoms with E-state index in [0.29, 0.717) is 23.9 Å². The molecule has 7 nitrogen and oxygen atoms in total. The Balaban J connectivity index is 1.69. The number of aromatic nitrogens is 2. The van der Waals surface area contributed by atoms with Gasteiger partial charge in [-0.15, -0.1) is 0 Å². The minimum atomic E-state index is -0.288. The first-order valence-electron chi connectivity index (χ1n) is 9.11. The second-order valence-corrected chi connectivity index (χ2v) is 6.84. The minimum absolute atomic E-state index is 0.168. The number of hydrogen-bond donors (Lipinski definition) is 0. The molecule has 0 amide bonds. The lowest BCUT2D eigenvalue weighted by Gasteiger charge is -2.32. The Morgan fingerprint density at radius 1 is 1.35 bits per heavy atom. The van der Waals surface area contributed by atoms with Crippen molar-refractivity contribution in [2.24, 2.45) is 13.0 Å². The van der Waals surface area contributed by atoms with Gasteiger partial charge in [0.25, 0.3) is 0 Å². The molecular weight excluding hydrogens is 332 g/mol. The van der Waals surface area contributed by atoms with E-state index >= 15 is 0 Å². The highest BCUT2D eigenvalue weighted by atomic mass is 16.6. The normalized spacial score (nSPS) is 15.3. The average molecular weight is 358 g/mol. The second kappa shape index (κ2) is 7.76. The highest BCUT2D eigenvalue weighted by molar-refractivity contribution is 5.61. The van der Waals surface area contributed by atoms with Gasteiger partial charge >= 0.3 is 5.69 Å². The van der Waals surface area contributed by atoms with E-state index < -0.39 is 0 Å². The standard InChI is InChI=1S/C19H26N4O3/c1-4-17-18(23(24)25)19(21(2)20-17)22-10-8-14(9-11-22)12-15-6-5-7-16(13-15)26-3/h5-7,13-14H,4,8-12H2,1-3H3. The predicted molar refractivity (Wildman–Crippen MR) is 101 cm³/mol. The Hall–Kier alpha value is -2.57. The molecule has 1 aliphatic heterocycles. The van der Waals surface area contributed by atoms with Crippen LogP contribution in [0.5, 0.6) is 5.75 Å². The molecule has 0 spiro atoms. The molecule has 0 bridgehead atoms. The van der Waals surface area contributed by atoms with E-state index in [1.54, 1.807) is 18.8 Å². The summed E-state index contributed by atoms with van der Waals surface area (Å²) in [4.78, 5) is 13.4. The summed E-state index contributed by atoms with van der Waals surface area (Å²) >= 11 is 0. The lowest BCUT2D eigenvalue weighted by molar-refractivity contribution is -0.384. The molecule has 0 N–H and O–H groups in total. The summed E-state index contributed by atoms with van der Waals surface area (Å²) in [5, 5.41) is 15.9. The molecule has 7 heteroatoms. The van der Waals surface area contributed by atoms with Crippen molar-refractivity contribution < 1.29 is 9.66 Å². The highest BCUT2D eigenvalue weighted by Gasteiger charge is 2.31. The fraction of sp³-hybridized carbons (Fsp3) is 0.526. The maximum Gasteiger partial charge on any atom is 0.334 e. The molecule has 1 aromatic heterocycles. The summed E-state index contributed by atoms with van der Waals surface area (Å²) in [6.45, 7) is 3.54. The number of benzene rings is 1. The topological polar surface area (TPSA) is 73.4 Å². The Labute approximate surface area is 153 Å². The van der Waals surface area contributed by atoms with Crippen LogP contribution in [0.2, 0.25) is 0 Å². The molecule has 1 aromatic carbocycles. The molecule has 140 valence electrons. The molecule has 0 radical (unpaired) electrons. The summed E-state index contributed by atoms with van der Waals surface area (Å²) in [5.74, 6) is 2.11. The van der Waals surface area contributed by atoms with Crippen LogP contribution in [0.1, 0.15) is 31.0 Å². The number of aryl methyl sites for hydroxylation is 2. The fourth-order valence-electron chi connectivity index (χ4n) is 3.82. The number of rotatable bonds is 6. The van der Waals surface area contributed by atoms with Gasteiger partial charge in [0.15, 0.2) is 0 Å². The average Bonchev–Trinajstić information content (AvgIpc) is 2.99. The molecule has 1 saturated heterocycles. The molecular formula is C19H26N4O3. The van der Waals surface area contributed by atoms with Crippen molar-refractivity contribution in [1.82, 2.24) is 9.78 Å². The van der Waals surface area contributed by atoms with Crippen LogP contribution in [0.25, 0.3) is 0 Å². The number of piperidine rings is 1. The second-order valence-electron chi connectivity index (χ2n) is 6.84. The van der Waals surface area contributed by atoms with Crippen molar-refractivity contribution in [3.63, 3.8) is 0 Å². The van der Waals surface area contributed by atoms with Crippen LogP contribution < -0.4 is 9.64 Å². The monoisotopic (exact) mass is 358 g/mol. The third kappa shape index (κ3) is 3.66. The van der Waals surface area contributed by atoms with Crippen LogP contribution in [0.4, 0.5) is 11.5 Å². The predicted octanol–water partition coefficient (Wildman–Crippen LogP) is 3.36. The van der Waals surface area contributed by atoms with E-state index in [1.165, 1.54) is 5.56 Å². The molecule has 1 aliphatic rings. The maximum atomic E-state index is 11.5. The van der Waals surface area contributed by atoms with Gasteiger partial charge in [-0.1, -0.05) is 19.1 Å². The number of methoxy groups -OCH3 is 1. The van der Waals surface area contributed by atoms with Crippen LogP contribution in [0.15, 0.2) is 24.3 Å². The Kier molecular flexibility index (Phi) is 5.44. The molecule has 26 heavy (non-hydrogen) atoms. The van der Waals surface area contributed by atoms with Crippen molar-refractivity contribution in [3.05, 3.63) is 45.6 Å². The molecule has 3 rings (SSSR count). The molecule has 0 aliphatic carbocycles. The Bertz CT molecular complexity index is 779. The van der Waals surface area contributed by atoms with E-state index in [0.717, 1.165) is 38.1 Å². The fourth-order valence-corrected chi connectivity index (χ4v) is 3.82. The lowest BCUT2D eigenvalue weighted by atomic mass is 9.90. The van der Waals surface area contributed by atoms with Crippen molar-refractivity contribution in [2.75, 3.05) is 25.1 Å². The SMILES string of the molecule is CCc1nn(C)c(N2CCC(Cc3cccc(OC)c3)CC2)c1[N+](=O)[O-]. The summed E-state index contributed by atoms with van der Waals surface area (Å²) in [7, 11) is 3.48. The Morgan fingerprint density at radius 3 is 2.69 bits per heavy atom. The zero-order chi connectivity index (χ0) is 18.7. The third-order valence-corrected chi connectivity index (χ3v) is 5.15. The van der Waals surface area contributed by atoms with Crippen LogP contribution in [0, 0.1) is 16.0 Å². The highest BCUT2D eigenvalue weighted by Crippen LogP contribution is 2.34. The van der Waals surface area contributed by atoms with Gasteiger partial charge in [-0.3, -0.25) is 10.1 Å². The minimum Gasteiger partial charge on any atom is -0.497 e. The molecule has 0 unspecified atom stereocenters. The van der Waals surface area contributed by atoms with Gasteiger partial charge in [-0.25, -0.2) is 4.68 Å². The van der Waals surface area contributed by atoms with Gasteiger partial charge in [-0.05, 0) is 49.3 Å². The van der Waals surface area contributed by atoms with E-state index in [2.05, 4.69) is 22.1 Å². The third-order valence-electron chi connectivity index (χ3n) is 5.15. The van der Waals surface area contributed by atoms with Crippen LogP contribution in [0.3, 0.4) is 0 Å². The number of nitrogens with zero attached hydrogens (tertiary/aromatic N) is 4. The molecule has 2 aromatic rings. The molecule has 0 saturated carbocycles. The van der Waals surface area contributed by atoms with Crippen molar-refractivity contribution >= 4 is 11.5 Å². The molecule has 1 fully saturated rings. The summed E-state index contributed by atoms with van der Waals surface area (Å²) in [5.41, 5.74) is 2.01. The first-order chi connectivity index (χ1) is 12.5. The first-order valence-corrected chi connectivity index (χ1v) is 9.11. The number of nitro groups is 1. The lowest BCUT2D eigenvalue weighted by Crippen LogP contribution is -2.35. The van der Waals surface area contributed by atoms with Crippen LogP contribution in [-0.2, 0) is 19.9 Å². The van der Waals surface area contributed by atoms with Gasteiger partial charge in [0.05, 0.1) is 12.0 Å². The number of ether oxygens (including phenoxy) is 1. The molecule has 2 heterocycles. The van der Waals surface area contributed by atoms with Crippen LogP contribution in [-0.4, -0.2) is 34.9 Å². The van der Waals surface area contributed by atoms with E-state index in [1.807, 2.05) is 19.1 Å². The summed E-state index contributed by atoms with van der Waals surface area (Å²) < 4.78 is 6.96. The van der Waals surface area contributed by atoms with E-state index in [-0.39, 0.29) is 10.6 Å². The summed E-state index contributed by atoms with van der Waals surface area (Å²) in [6, 6.07) is 8.20. The van der Waals surface area contributed by atoms with Gasteiger partial charge in [0.1, 0.15) is 11.4 Å². The molecule has 0 atom stereocenters. The van der Waals surface area contributed by atoms with Gasteiger partial charge in [0.2, 0.25) is 5.82 Å². The number of hydrogen-bond acceptors (Lipinski definition) is 5. The van der Waals surface area contributed by atoms with Crippen molar-refractivity contribution in [2.45, 2.75) is 32.6 Å². The van der Waals surface area contributed by atoms with Gasteiger partial charge < -0.3 is 9.64 Å². The van der Waals surface area contributed by atoms with Gasteiger partial charge in [-0.2, -0.15) is 5.10 Å². The zero-order valence-corrected chi connectivity index (χ0v) is 15.6. The Morgan fingerprint density at radius 2 is 2.08 bits per heavy atom. The zero-order valence-electron chi connectivity index (χ0n) is 15.6. The van der Waals surface area contributed by atoms with Crippen LogP contribution >= 0.6 is 0 Å². The van der Waals surface area contributed by atoms with Crippen molar-refractivity contribution in [3.8, 4) is 5.75 Å². The maximum absolute atomic E-state index is 11.5.